The molecule has 0 aromatic carbocycles. The molecule has 1 aliphatic heterocycles. The van der Waals surface area contributed by atoms with E-state index in [0.29, 0.717) is 33.0 Å². The van der Waals surface area contributed by atoms with E-state index in [0.717, 1.165) is 41.2 Å². The van der Waals surface area contributed by atoms with E-state index in [1.165, 1.54) is 17.7 Å². The number of H-pyrrole nitrogens is 2. The number of rotatable bonds is 1. The normalized spacial score (nSPS) is 10.4. The summed E-state index contributed by atoms with van der Waals surface area (Å²) in [6.45, 7) is 7.14. The number of nitrogen functional groups attached to an aromatic ring is 1. The van der Waals surface area contributed by atoms with Crippen LogP contribution in [0.25, 0.3) is 11.2 Å². The number of aromatic amines is 2. The first kappa shape index (κ1) is 53.9. The summed E-state index contributed by atoms with van der Waals surface area (Å²) in [5, 5.41) is 10.4. The van der Waals surface area contributed by atoms with Gasteiger partial charge < -0.3 is 24.9 Å². The van der Waals surface area contributed by atoms with Crippen molar-refractivity contribution in [3.63, 3.8) is 0 Å². The molecule has 5 aromatic heterocycles. The number of esters is 1. The Labute approximate surface area is 396 Å². The van der Waals surface area contributed by atoms with Crippen LogP contribution in [0.15, 0.2) is 61.5 Å². The molecule has 55 heavy (non-hydrogen) atoms. The van der Waals surface area contributed by atoms with E-state index in [1.54, 1.807) is 32.6 Å². The molecular formula is C31H35Br4Cl2I2N7O8Sn. The van der Waals surface area contributed by atoms with Gasteiger partial charge >= 0.3 is 59.7 Å². The molecular weight excluding hydrogens is 1360 g/mol. The van der Waals surface area contributed by atoms with Crippen LogP contribution in [0.2, 0.25) is 0 Å². The fraction of sp³-hybridized carbons (Fsp3) is 0.290. The Morgan fingerprint density at radius 2 is 1.40 bits per heavy atom. The Kier molecular flexibility index (Phi) is 27.8. The minimum absolute atomic E-state index is 0. The zero-order valence-electron chi connectivity index (χ0n) is 29.9. The van der Waals surface area contributed by atoms with Gasteiger partial charge in [-0.2, -0.15) is 0 Å². The van der Waals surface area contributed by atoms with Crippen LogP contribution in [0.1, 0.15) is 36.6 Å². The van der Waals surface area contributed by atoms with Crippen LogP contribution in [0.4, 0.5) is 11.4 Å². The number of nitrogens with one attached hydrogen (secondary N) is 2. The van der Waals surface area contributed by atoms with Gasteiger partial charge in [-0.1, -0.05) is 52.6 Å². The molecule has 6 rings (SSSR count). The van der Waals surface area contributed by atoms with Gasteiger partial charge in [0.25, 0.3) is 5.56 Å². The number of aromatic nitrogens is 5. The molecule has 5 aromatic rings. The molecule has 0 spiro atoms. The Balaban J connectivity index is 0. The number of anilines is 1. The molecule has 0 aliphatic carbocycles. The van der Waals surface area contributed by atoms with E-state index in [9.17, 15) is 29.3 Å². The molecule has 24 heteroatoms. The van der Waals surface area contributed by atoms with E-state index in [1.807, 2.05) is 41.4 Å². The molecule has 0 amide bonds. The van der Waals surface area contributed by atoms with Crippen molar-refractivity contribution in [2.45, 2.75) is 41.5 Å². The summed E-state index contributed by atoms with van der Waals surface area (Å²) in [5.74, 6) is -0.150. The van der Waals surface area contributed by atoms with Crippen molar-refractivity contribution < 1.29 is 20.2 Å². The third-order valence-electron chi connectivity index (χ3n) is 6.68. The number of ether oxygens (including phenoxy) is 1. The summed E-state index contributed by atoms with van der Waals surface area (Å²) in [7, 11) is 11.5. The van der Waals surface area contributed by atoms with Crippen molar-refractivity contribution in [3.8, 4) is 5.88 Å². The van der Waals surface area contributed by atoms with Crippen LogP contribution < -0.4 is 27.3 Å². The van der Waals surface area contributed by atoms with Crippen molar-refractivity contribution in [2.24, 2.45) is 7.05 Å². The molecule has 0 saturated heterocycles. The summed E-state index contributed by atoms with van der Waals surface area (Å²) in [6.07, 6.45) is 6.57. The monoisotopic (exact) mass is 1390 g/mol. The van der Waals surface area contributed by atoms with Gasteiger partial charge in [0.1, 0.15) is 11.2 Å². The van der Waals surface area contributed by atoms with Crippen molar-refractivity contribution in [1.82, 2.24) is 24.5 Å². The van der Waals surface area contributed by atoms with Gasteiger partial charge in [-0.05, 0) is 118 Å². The van der Waals surface area contributed by atoms with Crippen LogP contribution in [-0.4, -0.2) is 64.1 Å². The van der Waals surface area contributed by atoms with Gasteiger partial charge in [0.15, 0.2) is 0 Å². The second-order valence-corrected chi connectivity index (χ2v) is 17.4. The Morgan fingerprint density at radius 1 is 0.927 bits per heavy atom. The van der Waals surface area contributed by atoms with Crippen molar-refractivity contribution >= 4 is 174 Å². The Hall–Kier alpha value is -1.10. The van der Waals surface area contributed by atoms with Gasteiger partial charge in [0.2, 0.25) is 11.6 Å². The topological polar surface area (TPSA) is 222 Å². The SMILES string of the molecule is C.CI.Cc1c(Br)c[nH]c(=O)c1N.Cc1c(Br)c[nH]c(=O)c1[N+](=O)[O-].Cc1c(Br)cnc2c1CC(=O)O2.Cc1c(Br)cnc2oc(=O)n(C)c12.[2H]CI.[Cl][Sn][Cl]. The first-order valence-corrected chi connectivity index (χ1v) is 28.2. The molecule has 0 fully saturated rings. The number of oxazole rings is 1. The number of aryl methyl sites for hydroxylation is 2. The summed E-state index contributed by atoms with van der Waals surface area (Å²) in [5.41, 5.74) is 9.48. The number of halogens is 8. The van der Waals surface area contributed by atoms with E-state index >= 15 is 0 Å². The summed E-state index contributed by atoms with van der Waals surface area (Å²) >= 11 is 16.3. The number of fused-ring (bicyclic) bond motifs is 2. The van der Waals surface area contributed by atoms with E-state index in [4.69, 9.17) is 34.1 Å². The zero-order valence-corrected chi connectivity index (χ0v) is 43.9. The predicted molar refractivity (Wildman–Crippen MR) is 252 cm³/mol. The third kappa shape index (κ3) is 16.6. The number of carbonyl (C=O) groups excluding carboxylic acids is 1. The predicted octanol–water partition coefficient (Wildman–Crippen LogP) is 9.33. The third-order valence-corrected chi connectivity index (χ3v) is 9.92. The van der Waals surface area contributed by atoms with Crippen molar-refractivity contribution in [3.05, 3.63) is 112 Å². The van der Waals surface area contributed by atoms with Crippen LogP contribution in [0.3, 0.4) is 0 Å². The maximum absolute atomic E-state index is 11.1. The van der Waals surface area contributed by atoms with Crippen LogP contribution in [-0.2, 0) is 18.3 Å². The molecule has 0 bridgehead atoms. The molecule has 2 radical (unpaired) electrons. The number of nitrogens with two attached hydrogens (primary N) is 1. The molecule has 0 atom stereocenters. The van der Waals surface area contributed by atoms with Crippen molar-refractivity contribution in [1.29, 1.82) is 0 Å². The fourth-order valence-corrected chi connectivity index (χ4v) is 5.12. The first-order chi connectivity index (χ1) is 25.8. The minimum atomic E-state index is -0.826. The van der Waals surface area contributed by atoms with E-state index in [2.05, 4.69) is 106 Å². The molecule has 4 N–H and O–H groups in total. The van der Waals surface area contributed by atoms with Crippen LogP contribution in [0.5, 0.6) is 5.88 Å². The van der Waals surface area contributed by atoms with Crippen molar-refractivity contribution in [2.75, 3.05) is 15.6 Å². The number of hydrogen-bond acceptors (Lipinski definition) is 11. The first-order valence-electron chi connectivity index (χ1n) is 14.8. The van der Waals surface area contributed by atoms with Gasteiger partial charge in [-0.15, -0.1) is 0 Å². The standard InChI is InChI=1S/C8H7BrN2O2.C8H6BrNO2.C6H5BrN2O3.C6H7BrN2O.2CH3I.CH4.2ClH.Sn/c1-4-5(9)3-10-7-6(4)11(2)8(12)13-7;1-4-5-2-7(11)12-8(5)10-3-6(4)9;1-3-4(7)2-8-6(10)5(3)9(11)12;1-3-4(7)2-9-6(10)5(3)8;2*1-2;;;;/h3H,1-2H3;3H,2H2,1H3;2H,1H3,(H,8,10);2H,8H2,1H3,(H,9,10);2*1H3;1H4;2*1H;/q;;;;;;;;;+2/p-2/i;;;;1D;;;;;. The quantitative estimate of drug-likeness (QED) is 0.0358. The van der Waals surface area contributed by atoms with Gasteiger partial charge in [0.05, 0.1) is 11.3 Å². The average Bonchev–Trinajstić information content (AvgIpc) is 3.67. The van der Waals surface area contributed by atoms with Gasteiger partial charge in [-0.3, -0.25) is 29.1 Å². The van der Waals surface area contributed by atoms with Gasteiger partial charge in [-0.25, -0.2) is 14.8 Å². The second kappa shape index (κ2) is 28.3. The van der Waals surface area contributed by atoms with Crippen LogP contribution >= 0.6 is 127 Å². The number of nitro groups is 1. The fourth-order valence-electron chi connectivity index (χ4n) is 3.86. The average molecular weight is 1400 g/mol. The summed E-state index contributed by atoms with van der Waals surface area (Å²) in [6, 6.07) is 0. The maximum atomic E-state index is 11.1. The summed E-state index contributed by atoms with van der Waals surface area (Å²) in [4.78, 5) is 68.5. The number of carbonyl (C=O) groups is 1. The second-order valence-electron chi connectivity index (χ2n) is 9.75. The summed E-state index contributed by atoms with van der Waals surface area (Å²) < 4.78 is 20.6. The molecule has 0 unspecified atom stereocenters. The Morgan fingerprint density at radius 3 is 1.89 bits per heavy atom. The van der Waals surface area contributed by atoms with Gasteiger partial charge in [0, 0.05) is 62.2 Å². The Bertz CT molecular complexity index is 2270. The molecule has 1 aliphatic rings. The molecule has 302 valence electrons. The molecule has 15 nitrogen and oxygen atoms in total. The van der Waals surface area contributed by atoms with Crippen LogP contribution in [0, 0.1) is 37.8 Å². The zero-order chi connectivity index (χ0) is 42.7. The molecule has 6 heterocycles. The van der Waals surface area contributed by atoms with E-state index in [-0.39, 0.29) is 30.4 Å². The number of pyridine rings is 4. The molecule has 0 saturated carbocycles. The number of alkyl halides is 2. The number of hydrogen-bond donors (Lipinski definition) is 3. The van der Waals surface area contributed by atoms with E-state index < -0.39 is 35.1 Å². The number of nitrogens with zero attached hydrogens (tertiary/aromatic N) is 4.